The largest absolute Gasteiger partial charge is 0.302 e. The van der Waals surface area contributed by atoms with Gasteiger partial charge in [0.05, 0.1) is 0 Å². The van der Waals surface area contributed by atoms with E-state index in [1.54, 1.807) is 0 Å². The first-order chi connectivity index (χ1) is 10.2. The SMILES string of the molecule is CN1CCc2c(Cl)ccc3sc(-c4ccccc4)c(c23)C1.Cl. The van der Waals surface area contributed by atoms with Gasteiger partial charge < -0.3 is 4.90 Å². The molecule has 0 radical (unpaired) electrons. The predicted octanol–water partition coefficient (Wildman–Crippen LogP) is 5.63. The third-order valence-corrected chi connectivity index (χ3v) is 5.81. The van der Waals surface area contributed by atoms with Gasteiger partial charge in [-0.2, -0.15) is 0 Å². The molecule has 2 heterocycles. The van der Waals surface area contributed by atoms with Gasteiger partial charge in [-0.3, -0.25) is 0 Å². The van der Waals surface area contributed by atoms with Crippen LogP contribution in [0.3, 0.4) is 0 Å². The monoisotopic (exact) mass is 349 g/mol. The van der Waals surface area contributed by atoms with Crippen molar-refractivity contribution in [2.75, 3.05) is 13.6 Å². The third kappa shape index (κ3) is 2.55. The van der Waals surface area contributed by atoms with E-state index >= 15 is 0 Å². The number of likely N-dealkylation sites (N-methyl/N-ethyl adjacent to an activating group) is 1. The van der Waals surface area contributed by atoms with Gasteiger partial charge in [-0.05, 0) is 42.3 Å². The molecule has 0 saturated carbocycles. The summed E-state index contributed by atoms with van der Waals surface area (Å²) in [6, 6.07) is 14.9. The van der Waals surface area contributed by atoms with Crippen LogP contribution in [0.5, 0.6) is 0 Å². The second-order valence-electron chi connectivity index (χ2n) is 5.66. The van der Waals surface area contributed by atoms with Gasteiger partial charge >= 0.3 is 0 Å². The normalized spacial score (nSPS) is 14.6. The van der Waals surface area contributed by atoms with Crippen molar-refractivity contribution in [2.24, 2.45) is 0 Å². The fraction of sp³-hybridized carbons (Fsp3) is 0.222. The zero-order valence-corrected chi connectivity index (χ0v) is 14.7. The number of rotatable bonds is 1. The van der Waals surface area contributed by atoms with Crippen LogP contribution in [-0.2, 0) is 13.0 Å². The lowest BCUT2D eigenvalue weighted by Crippen LogP contribution is -2.18. The van der Waals surface area contributed by atoms with Gasteiger partial charge in [-0.25, -0.2) is 0 Å². The molecular formula is C18H17Cl2NS. The van der Waals surface area contributed by atoms with Gasteiger partial charge in [0.15, 0.2) is 0 Å². The van der Waals surface area contributed by atoms with E-state index in [1.807, 2.05) is 11.3 Å². The summed E-state index contributed by atoms with van der Waals surface area (Å²) in [6.45, 7) is 2.06. The van der Waals surface area contributed by atoms with Gasteiger partial charge in [0.25, 0.3) is 0 Å². The van der Waals surface area contributed by atoms with Crippen LogP contribution in [0.25, 0.3) is 20.5 Å². The standard InChI is InChI=1S/C18H16ClNS.ClH/c1-20-10-9-13-15(19)7-8-16-17(13)14(11-20)18(21-16)12-5-3-2-4-6-12;/h2-8H,9-11H2,1H3;1H. The van der Waals surface area contributed by atoms with Crippen molar-refractivity contribution in [1.82, 2.24) is 4.90 Å². The Kier molecular flexibility index (Phi) is 4.47. The molecule has 1 aliphatic heterocycles. The molecule has 114 valence electrons. The first kappa shape index (κ1) is 15.8. The summed E-state index contributed by atoms with van der Waals surface area (Å²) in [4.78, 5) is 3.78. The number of halogens is 2. The van der Waals surface area contributed by atoms with E-state index in [0.717, 1.165) is 24.5 Å². The lowest BCUT2D eigenvalue weighted by Gasteiger charge is -2.14. The lowest BCUT2D eigenvalue weighted by molar-refractivity contribution is 0.337. The maximum atomic E-state index is 6.47. The molecule has 0 spiro atoms. The molecule has 3 aromatic rings. The minimum atomic E-state index is 0. The number of nitrogens with zero attached hydrogens (tertiary/aromatic N) is 1. The van der Waals surface area contributed by atoms with E-state index in [1.165, 1.54) is 31.7 Å². The van der Waals surface area contributed by atoms with Crippen LogP contribution in [0.15, 0.2) is 42.5 Å². The number of benzene rings is 2. The molecule has 0 saturated heterocycles. The molecule has 0 N–H and O–H groups in total. The van der Waals surface area contributed by atoms with Crippen LogP contribution in [-0.4, -0.2) is 18.5 Å². The fourth-order valence-corrected chi connectivity index (χ4v) is 4.67. The summed E-state index contributed by atoms with van der Waals surface area (Å²) < 4.78 is 1.36. The predicted molar refractivity (Wildman–Crippen MR) is 99.6 cm³/mol. The smallest absolute Gasteiger partial charge is 0.0445 e. The van der Waals surface area contributed by atoms with Crippen molar-refractivity contribution >= 4 is 45.4 Å². The maximum Gasteiger partial charge on any atom is 0.0445 e. The minimum Gasteiger partial charge on any atom is -0.302 e. The molecule has 0 amide bonds. The summed E-state index contributed by atoms with van der Waals surface area (Å²) in [5.74, 6) is 0. The van der Waals surface area contributed by atoms with E-state index in [-0.39, 0.29) is 12.4 Å². The van der Waals surface area contributed by atoms with Crippen LogP contribution in [0, 0.1) is 0 Å². The van der Waals surface area contributed by atoms with Crippen LogP contribution >= 0.6 is 35.3 Å². The second-order valence-corrected chi connectivity index (χ2v) is 7.12. The van der Waals surface area contributed by atoms with E-state index in [0.29, 0.717) is 0 Å². The van der Waals surface area contributed by atoms with E-state index < -0.39 is 0 Å². The van der Waals surface area contributed by atoms with Crippen LogP contribution in [0.1, 0.15) is 11.1 Å². The fourth-order valence-electron chi connectivity index (χ4n) is 3.17. The van der Waals surface area contributed by atoms with Crippen molar-refractivity contribution < 1.29 is 0 Å². The van der Waals surface area contributed by atoms with Crippen molar-refractivity contribution in [1.29, 1.82) is 0 Å². The second kappa shape index (κ2) is 6.21. The highest BCUT2D eigenvalue weighted by molar-refractivity contribution is 7.22. The Labute approximate surface area is 145 Å². The highest BCUT2D eigenvalue weighted by Gasteiger charge is 2.22. The molecule has 0 atom stereocenters. The van der Waals surface area contributed by atoms with Crippen molar-refractivity contribution in [3.63, 3.8) is 0 Å². The van der Waals surface area contributed by atoms with Gasteiger partial charge in [0, 0.05) is 33.1 Å². The zero-order valence-electron chi connectivity index (χ0n) is 12.3. The van der Waals surface area contributed by atoms with Crippen LogP contribution < -0.4 is 0 Å². The Hall–Kier alpha value is -1.06. The lowest BCUT2D eigenvalue weighted by atomic mass is 10.0. The van der Waals surface area contributed by atoms with Crippen molar-refractivity contribution in [3.8, 4) is 10.4 Å². The van der Waals surface area contributed by atoms with E-state index in [9.17, 15) is 0 Å². The van der Waals surface area contributed by atoms with Crippen molar-refractivity contribution in [3.05, 3.63) is 58.6 Å². The molecule has 22 heavy (non-hydrogen) atoms. The van der Waals surface area contributed by atoms with Crippen molar-refractivity contribution in [2.45, 2.75) is 13.0 Å². The first-order valence-electron chi connectivity index (χ1n) is 7.21. The Morgan fingerprint density at radius 1 is 1.05 bits per heavy atom. The molecule has 0 bridgehead atoms. The van der Waals surface area contributed by atoms with E-state index in [2.05, 4.69) is 54.4 Å². The maximum absolute atomic E-state index is 6.47. The topological polar surface area (TPSA) is 3.24 Å². The minimum absolute atomic E-state index is 0. The molecule has 4 heteroatoms. The highest BCUT2D eigenvalue weighted by atomic mass is 35.5. The summed E-state index contributed by atoms with van der Waals surface area (Å²) in [7, 11) is 2.19. The van der Waals surface area contributed by atoms with Gasteiger partial charge in [0.2, 0.25) is 0 Å². The summed E-state index contributed by atoms with van der Waals surface area (Å²) >= 11 is 8.36. The summed E-state index contributed by atoms with van der Waals surface area (Å²) in [6.07, 6.45) is 1.03. The summed E-state index contributed by atoms with van der Waals surface area (Å²) in [5.41, 5.74) is 4.08. The molecule has 1 aliphatic rings. The van der Waals surface area contributed by atoms with Gasteiger partial charge in [-0.1, -0.05) is 41.9 Å². The first-order valence-corrected chi connectivity index (χ1v) is 8.40. The molecule has 0 unspecified atom stereocenters. The molecule has 1 nitrogen and oxygen atoms in total. The zero-order chi connectivity index (χ0) is 14.4. The Balaban J connectivity index is 0.00000144. The Morgan fingerprint density at radius 2 is 1.82 bits per heavy atom. The van der Waals surface area contributed by atoms with E-state index in [4.69, 9.17) is 11.6 Å². The van der Waals surface area contributed by atoms with Crippen LogP contribution in [0.4, 0.5) is 0 Å². The highest BCUT2D eigenvalue weighted by Crippen LogP contribution is 2.43. The van der Waals surface area contributed by atoms with Crippen LogP contribution in [0.2, 0.25) is 5.02 Å². The van der Waals surface area contributed by atoms with Gasteiger partial charge in [-0.15, -0.1) is 23.7 Å². The quantitative estimate of drug-likeness (QED) is 0.550. The third-order valence-electron chi connectivity index (χ3n) is 4.21. The molecular weight excluding hydrogens is 333 g/mol. The Morgan fingerprint density at radius 3 is 2.59 bits per heavy atom. The molecule has 2 aromatic carbocycles. The molecule has 1 aromatic heterocycles. The average Bonchev–Trinajstić information content (AvgIpc) is 2.76. The molecule has 0 fully saturated rings. The Bertz CT molecular complexity index is 811. The average molecular weight is 350 g/mol. The number of hydrogen-bond donors (Lipinski definition) is 0. The number of hydrogen-bond acceptors (Lipinski definition) is 2. The van der Waals surface area contributed by atoms with Gasteiger partial charge in [0.1, 0.15) is 0 Å². The number of thiophene rings is 1. The molecule has 0 aliphatic carbocycles. The summed E-state index contributed by atoms with van der Waals surface area (Å²) in [5, 5.41) is 2.31. The molecule has 4 rings (SSSR count).